The van der Waals surface area contributed by atoms with Crippen LogP contribution in [0.1, 0.15) is 78.4 Å². The van der Waals surface area contributed by atoms with Gasteiger partial charge in [0, 0.05) is 17.7 Å². The van der Waals surface area contributed by atoms with E-state index >= 15 is 0 Å². The van der Waals surface area contributed by atoms with Crippen molar-refractivity contribution in [3.8, 4) is 5.88 Å². The number of nitrogens with zero attached hydrogens (tertiary/aromatic N) is 1. The maximum absolute atomic E-state index is 13.6. The van der Waals surface area contributed by atoms with E-state index in [2.05, 4.69) is 6.92 Å². The largest absolute Gasteiger partial charge is 0.494 e. The molecule has 7 nitrogen and oxygen atoms in total. The standard InChI is InChI=1S/C22H28NO6P/c1-4-7-8-11-14-23-18-17(19(24)15-12-9-10-13-16(15)20(18)25)21(22(23)26)30(27,28-5-2)29-6-3/h9-10,12-13,26H,4-8,11,14H2,1-3H3. The molecule has 0 aliphatic heterocycles. The van der Waals surface area contributed by atoms with Gasteiger partial charge in [-0.25, -0.2) is 0 Å². The van der Waals surface area contributed by atoms with Crippen LogP contribution in [0.5, 0.6) is 5.88 Å². The molecule has 0 bridgehead atoms. The van der Waals surface area contributed by atoms with Gasteiger partial charge in [0.2, 0.25) is 11.7 Å². The van der Waals surface area contributed by atoms with Gasteiger partial charge in [-0.2, -0.15) is 0 Å². The molecule has 1 aromatic carbocycles. The van der Waals surface area contributed by atoms with Crippen LogP contribution < -0.4 is 5.30 Å². The average Bonchev–Trinajstić information content (AvgIpc) is 3.03. The molecule has 162 valence electrons. The summed E-state index contributed by atoms with van der Waals surface area (Å²) < 4.78 is 25.8. The van der Waals surface area contributed by atoms with Crippen LogP contribution in [0.15, 0.2) is 24.3 Å². The summed E-state index contributed by atoms with van der Waals surface area (Å²) in [6.45, 7) is 5.84. The molecule has 0 radical (unpaired) electrons. The van der Waals surface area contributed by atoms with Gasteiger partial charge in [0.25, 0.3) is 0 Å². The molecule has 1 aliphatic rings. The minimum absolute atomic E-state index is 0.0577. The van der Waals surface area contributed by atoms with Gasteiger partial charge in [-0.1, -0.05) is 50.5 Å². The van der Waals surface area contributed by atoms with Gasteiger partial charge in [-0.05, 0) is 20.3 Å². The van der Waals surface area contributed by atoms with Crippen LogP contribution in [-0.2, 0) is 20.2 Å². The maximum atomic E-state index is 13.6. The fourth-order valence-electron chi connectivity index (χ4n) is 3.87. The highest BCUT2D eigenvalue weighted by Crippen LogP contribution is 2.52. The molecule has 1 N–H and O–H groups in total. The molecule has 0 saturated carbocycles. The Balaban J connectivity index is 2.24. The Morgan fingerprint density at radius 1 is 0.933 bits per heavy atom. The van der Waals surface area contributed by atoms with E-state index < -0.39 is 19.3 Å². The van der Waals surface area contributed by atoms with Crippen molar-refractivity contribution in [1.82, 2.24) is 4.57 Å². The Kier molecular flexibility index (Phi) is 6.96. The van der Waals surface area contributed by atoms with Gasteiger partial charge in [0.05, 0.1) is 18.8 Å². The van der Waals surface area contributed by atoms with Crippen molar-refractivity contribution in [2.75, 3.05) is 13.2 Å². The summed E-state index contributed by atoms with van der Waals surface area (Å²) in [5, 5.41) is 10.9. The highest BCUT2D eigenvalue weighted by atomic mass is 31.2. The molecular weight excluding hydrogens is 405 g/mol. The van der Waals surface area contributed by atoms with Crippen LogP contribution in [0.2, 0.25) is 0 Å². The molecule has 30 heavy (non-hydrogen) atoms. The van der Waals surface area contributed by atoms with Crippen molar-refractivity contribution in [2.45, 2.75) is 53.0 Å². The molecule has 0 unspecified atom stereocenters. The smallest absolute Gasteiger partial charge is 0.367 e. The molecular formula is C22H28NO6P. The van der Waals surface area contributed by atoms with Gasteiger partial charge < -0.3 is 18.7 Å². The third kappa shape index (κ3) is 3.78. The monoisotopic (exact) mass is 433 g/mol. The summed E-state index contributed by atoms with van der Waals surface area (Å²) >= 11 is 0. The predicted octanol–water partition coefficient (Wildman–Crippen LogP) is 4.44. The molecule has 0 saturated heterocycles. The van der Waals surface area contributed by atoms with E-state index in [1.165, 1.54) is 4.57 Å². The minimum Gasteiger partial charge on any atom is -0.494 e. The Hall–Kier alpha value is -2.21. The number of unbranched alkanes of at least 4 members (excludes halogenated alkanes) is 3. The quantitative estimate of drug-likeness (QED) is 0.375. The molecule has 1 aromatic heterocycles. The zero-order chi connectivity index (χ0) is 21.9. The molecule has 3 rings (SSSR count). The van der Waals surface area contributed by atoms with Crippen LogP contribution in [0.4, 0.5) is 0 Å². The molecule has 1 heterocycles. The van der Waals surface area contributed by atoms with E-state index in [-0.39, 0.29) is 46.7 Å². The fraction of sp³-hybridized carbons (Fsp3) is 0.455. The molecule has 8 heteroatoms. The minimum atomic E-state index is -4.01. The first-order valence-corrected chi connectivity index (χ1v) is 12.0. The second kappa shape index (κ2) is 9.29. The first-order chi connectivity index (χ1) is 14.4. The first kappa shape index (κ1) is 22.5. The van der Waals surface area contributed by atoms with E-state index in [0.29, 0.717) is 13.0 Å². The Bertz CT molecular complexity index is 999. The van der Waals surface area contributed by atoms with Gasteiger partial charge in [-0.3, -0.25) is 14.2 Å². The number of carbonyl (C=O) groups is 2. The summed E-state index contributed by atoms with van der Waals surface area (Å²) in [6.07, 6.45) is 3.67. The van der Waals surface area contributed by atoms with E-state index in [4.69, 9.17) is 9.05 Å². The first-order valence-electron chi connectivity index (χ1n) is 10.4. The highest BCUT2D eigenvalue weighted by Gasteiger charge is 2.45. The summed E-state index contributed by atoms with van der Waals surface area (Å²) in [6, 6.07) is 6.51. The summed E-state index contributed by atoms with van der Waals surface area (Å²) in [5.74, 6) is -1.23. The molecule has 0 amide bonds. The lowest BCUT2D eigenvalue weighted by atomic mass is 9.88. The van der Waals surface area contributed by atoms with Crippen LogP contribution in [0.3, 0.4) is 0 Å². The molecule has 0 atom stereocenters. The number of aromatic hydroxyl groups is 1. The Morgan fingerprint density at radius 3 is 2.10 bits per heavy atom. The molecule has 0 fully saturated rings. The van der Waals surface area contributed by atoms with Crippen molar-refractivity contribution in [2.24, 2.45) is 0 Å². The SMILES string of the molecule is CCCCCCn1c(O)c(P(=O)(OCC)OCC)c2c1C(=O)c1ccccc1C2=O. The topological polar surface area (TPSA) is 94.8 Å². The molecule has 0 spiro atoms. The van der Waals surface area contributed by atoms with E-state index in [9.17, 15) is 19.3 Å². The fourth-order valence-corrected chi connectivity index (χ4v) is 5.72. The Labute approximate surface area is 176 Å². The number of aromatic nitrogens is 1. The van der Waals surface area contributed by atoms with Gasteiger partial charge in [0.15, 0.2) is 5.78 Å². The molecule has 2 aromatic rings. The van der Waals surface area contributed by atoms with Crippen molar-refractivity contribution >= 4 is 24.5 Å². The van der Waals surface area contributed by atoms with E-state index in [1.807, 2.05) is 0 Å². The van der Waals surface area contributed by atoms with Crippen LogP contribution in [0.25, 0.3) is 0 Å². The lowest BCUT2D eigenvalue weighted by Gasteiger charge is -2.19. The molecule has 1 aliphatic carbocycles. The summed E-state index contributed by atoms with van der Waals surface area (Å²) in [5.41, 5.74) is 0.481. The normalized spacial score (nSPS) is 13.4. The second-order valence-electron chi connectivity index (χ2n) is 7.14. The third-order valence-electron chi connectivity index (χ3n) is 5.18. The van der Waals surface area contributed by atoms with Crippen LogP contribution in [-0.4, -0.2) is 34.5 Å². The van der Waals surface area contributed by atoms with Crippen LogP contribution >= 0.6 is 7.60 Å². The second-order valence-corrected chi connectivity index (χ2v) is 9.10. The number of benzene rings is 1. The highest BCUT2D eigenvalue weighted by molar-refractivity contribution is 7.62. The number of rotatable bonds is 10. The van der Waals surface area contributed by atoms with Crippen molar-refractivity contribution in [3.63, 3.8) is 0 Å². The van der Waals surface area contributed by atoms with E-state index in [1.54, 1.807) is 38.1 Å². The van der Waals surface area contributed by atoms with E-state index in [0.717, 1.165) is 19.3 Å². The summed E-state index contributed by atoms with van der Waals surface area (Å²) in [4.78, 5) is 26.7. The predicted molar refractivity (Wildman–Crippen MR) is 114 cm³/mol. The number of hydrogen-bond donors (Lipinski definition) is 1. The lowest BCUT2D eigenvalue weighted by Crippen LogP contribution is -2.26. The Morgan fingerprint density at radius 2 is 1.53 bits per heavy atom. The van der Waals surface area contributed by atoms with Crippen molar-refractivity contribution < 1.29 is 28.3 Å². The number of ketones is 2. The van der Waals surface area contributed by atoms with Gasteiger partial charge in [-0.15, -0.1) is 0 Å². The zero-order valence-electron chi connectivity index (χ0n) is 17.6. The number of hydrogen-bond acceptors (Lipinski definition) is 6. The lowest BCUT2D eigenvalue weighted by molar-refractivity contribution is 0.0973. The van der Waals surface area contributed by atoms with Gasteiger partial charge in [0.1, 0.15) is 11.0 Å². The number of fused-ring (bicyclic) bond motifs is 2. The van der Waals surface area contributed by atoms with Crippen LogP contribution in [0, 0.1) is 0 Å². The summed E-state index contributed by atoms with van der Waals surface area (Å²) in [7, 11) is -4.01. The third-order valence-corrected chi connectivity index (χ3v) is 7.34. The number of carbonyl (C=O) groups excluding carboxylic acids is 2. The average molecular weight is 433 g/mol. The zero-order valence-corrected chi connectivity index (χ0v) is 18.5. The van der Waals surface area contributed by atoms with Crippen molar-refractivity contribution in [3.05, 3.63) is 46.6 Å². The van der Waals surface area contributed by atoms with Gasteiger partial charge >= 0.3 is 7.60 Å². The maximum Gasteiger partial charge on any atom is 0.367 e. The van der Waals surface area contributed by atoms with Crippen molar-refractivity contribution in [1.29, 1.82) is 0 Å².